The highest BCUT2D eigenvalue weighted by Crippen LogP contribution is 2.31. The summed E-state index contributed by atoms with van der Waals surface area (Å²) in [6.45, 7) is 2.47. The molecule has 0 unspecified atom stereocenters. The molecule has 3 rings (SSSR count). The van der Waals surface area contributed by atoms with Crippen LogP contribution in [0.25, 0.3) is 0 Å². The third-order valence-electron chi connectivity index (χ3n) is 3.49. The lowest BCUT2D eigenvalue weighted by molar-refractivity contribution is -0.0889. The topological polar surface area (TPSA) is 44.5 Å². The SMILES string of the molecule is N[C@H]1c2ccccc2C[C@@H]1OCC1COC1. The van der Waals surface area contributed by atoms with E-state index >= 15 is 0 Å². The van der Waals surface area contributed by atoms with Gasteiger partial charge in [-0.05, 0) is 11.1 Å². The molecule has 0 amide bonds. The van der Waals surface area contributed by atoms with Gasteiger partial charge in [0.25, 0.3) is 0 Å². The van der Waals surface area contributed by atoms with Gasteiger partial charge in [0.1, 0.15) is 0 Å². The van der Waals surface area contributed by atoms with Crippen LogP contribution < -0.4 is 5.73 Å². The highest BCUT2D eigenvalue weighted by atomic mass is 16.5. The first-order valence-electron chi connectivity index (χ1n) is 5.87. The van der Waals surface area contributed by atoms with Gasteiger partial charge in [-0.15, -0.1) is 0 Å². The minimum Gasteiger partial charge on any atom is -0.381 e. The fraction of sp³-hybridized carbons (Fsp3) is 0.538. The van der Waals surface area contributed by atoms with Gasteiger partial charge < -0.3 is 15.2 Å². The molecule has 1 aliphatic heterocycles. The molecular weight excluding hydrogens is 202 g/mol. The third-order valence-corrected chi connectivity index (χ3v) is 3.49. The predicted octanol–water partition coefficient (Wildman–Crippen LogP) is 1.27. The lowest BCUT2D eigenvalue weighted by atomic mass is 10.1. The van der Waals surface area contributed by atoms with Gasteiger partial charge in [0.05, 0.1) is 32.0 Å². The Morgan fingerprint density at radius 3 is 2.81 bits per heavy atom. The molecule has 1 aromatic carbocycles. The number of rotatable bonds is 3. The Morgan fingerprint density at radius 2 is 2.12 bits per heavy atom. The second kappa shape index (κ2) is 4.17. The zero-order valence-electron chi connectivity index (χ0n) is 9.26. The maximum absolute atomic E-state index is 6.18. The van der Waals surface area contributed by atoms with E-state index in [1.54, 1.807) is 0 Å². The minimum atomic E-state index is 0.0391. The summed E-state index contributed by atoms with van der Waals surface area (Å²) in [6.07, 6.45) is 1.10. The molecule has 0 aromatic heterocycles. The van der Waals surface area contributed by atoms with Gasteiger partial charge in [-0.2, -0.15) is 0 Å². The number of hydrogen-bond donors (Lipinski definition) is 1. The Labute approximate surface area is 95.5 Å². The molecule has 2 aliphatic rings. The van der Waals surface area contributed by atoms with Crippen molar-refractivity contribution in [3.05, 3.63) is 35.4 Å². The largest absolute Gasteiger partial charge is 0.381 e. The minimum absolute atomic E-state index is 0.0391. The summed E-state index contributed by atoms with van der Waals surface area (Å²) < 4.78 is 11.0. The fourth-order valence-corrected chi connectivity index (χ4v) is 2.39. The number of hydrogen-bond acceptors (Lipinski definition) is 3. The number of fused-ring (bicyclic) bond motifs is 1. The van der Waals surface area contributed by atoms with Crippen LogP contribution in [0, 0.1) is 5.92 Å². The van der Waals surface area contributed by atoms with Crippen LogP contribution in [0.2, 0.25) is 0 Å². The van der Waals surface area contributed by atoms with E-state index in [4.69, 9.17) is 15.2 Å². The first-order valence-corrected chi connectivity index (χ1v) is 5.87. The Balaban J connectivity index is 1.62. The summed E-state index contributed by atoms with van der Waals surface area (Å²) in [5.74, 6) is 0.580. The number of ether oxygens (including phenoxy) is 2. The number of benzene rings is 1. The molecule has 16 heavy (non-hydrogen) atoms. The molecule has 2 atom stereocenters. The van der Waals surface area contributed by atoms with Gasteiger partial charge in [0.2, 0.25) is 0 Å². The molecule has 86 valence electrons. The van der Waals surface area contributed by atoms with Crippen LogP contribution in [0.3, 0.4) is 0 Å². The molecule has 2 N–H and O–H groups in total. The van der Waals surface area contributed by atoms with Gasteiger partial charge in [-0.25, -0.2) is 0 Å². The Bertz CT molecular complexity index is 376. The summed E-state index contributed by atoms with van der Waals surface area (Å²) in [7, 11) is 0. The highest BCUT2D eigenvalue weighted by molar-refractivity contribution is 5.36. The van der Waals surface area contributed by atoms with Crippen molar-refractivity contribution >= 4 is 0 Å². The van der Waals surface area contributed by atoms with Crippen LogP contribution in [-0.2, 0) is 15.9 Å². The summed E-state index contributed by atoms with van der Waals surface area (Å²) in [5.41, 5.74) is 8.77. The molecular formula is C13H17NO2. The predicted molar refractivity (Wildman–Crippen MR) is 61.1 cm³/mol. The first-order chi connectivity index (χ1) is 7.84. The molecule has 0 bridgehead atoms. The molecule has 0 saturated carbocycles. The lowest BCUT2D eigenvalue weighted by Gasteiger charge is -2.28. The van der Waals surface area contributed by atoms with Crippen molar-refractivity contribution < 1.29 is 9.47 Å². The Morgan fingerprint density at radius 1 is 1.31 bits per heavy atom. The van der Waals surface area contributed by atoms with Gasteiger partial charge in [0.15, 0.2) is 0 Å². The molecule has 1 saturated heterocycles. The quantitative estimate of drug-likeness (QED) is 0.832. The zero-order chi connectivity index (χ0) is 11.0. The van der Waals surface area contributed by atoms with E-state index in [-0.39, 0.29) is 12.1 Å². The fourth-order valence-electron chi connectivity index (χ4n) is 2.39. The molecule has 3 heteroatoms. The van der Waals surface area contributed by atoms with Crippen LogP contribution in [0.1, 0.15) is 17.2 Å². The number of nitrogens with two attached hydrogens (primary N) is 1. The smallest absolute Gasteiger partial charge is 0.0808 e. The van der Waals surface area contributed by atoms with E-state index in [1.165, 1.54) is 11.1 Å². The van der Waals surface area contributed by atoms with E-state index in [0.29, 0.717) is 5.92 Å². The molecule has 0 radical (unpaired) electrons. The van der Waals surface area contributed by atoms with Crippen molar-refractivity contribution in [2.24, 2.45) is 11.7 Å². The first kappa shape index (κ1) is 10.3. The third kappa shape index (κ3) is 1.75. The summed E-state index contributed by atoms with van der Waals surface area (Å²) >= 11 is 0. The summed E-state index contributed by atoms with van der Waals surface area (Å²) in [4.78, 5) is 0. The van der Waals surface area contributed by atoms with Gasteiger partial charge in [0, 0.05) is 12.3 Å². The van der Waals surface area contributed by atoms with Gasteiger partial charge >= 0.3 is 0 Å². The normalized spacial score (nSPS) is 28.8. The molecule has 1 aliphatic carbocycles. The zero-order valence-corrected chi connectivity index (χ0v) is 9.26. The van der Waals surface area contributed by atoms with Crippen molar-refractivity contribution in [2.75, 3.05) is 19.8 Å². The Hall–Kier alpha value is -0.900. The second-order valence-corrected chi connectivity index (χ2v) is 4.70. The summed E-state index contributed by atoms with van der Waals surface area (Å²) in [5, 5.41) is 0. The lowest BCUT2D eigenvalue weighted by Crippen LogP contribution is -2.35. The van der Waals surface area contributed by atoms with E-state index in [0.717, 1.165) is 26.2 Å². The van der Waals surface area contributed by atoms with Crippen LogP contribution in [0.5, 0.6) is 0 Å². The standard InChI is InChI=1S/C13H17NO2/c14-13-11-4-2-1-3-10(11)5-12(13)16-8-9-6-15-7-9/h1-4,9,12-13H,5-8,14H2/t12-,13-/m0/s1. The van der Waals surface area contributed by atoms with Gasteiger partial charge in [-0.3, -0.25) is 0 Å². The molecule has 0 spiro atoms. The van der Waals surface area contributed by atoms with E-state index in [9.17, 15) is 0 Å². The summed E-state index contributed by atoms with van der Waals surface area (Å²) in [6, 6.07) is 8.40. The second-order valence-electron chi connectivity index (χ2n) is 4.70. The van der Waals surface area contributed by atoms with E-state index < -0.39 is 0 Å². The van der Waals surface area contributed by atoms with Crippen molar-refractivity contribution in [3.8, 4) is 0 Å². The van der Waals surface area contributed by atoms with Crippen LogP contribution in [-0.4, -0.2) is 25.9 Å². The highest BCUT2D eigenvalue weighted by Gasteiger charge is 2.31. The van der Waals surface area contributed by atoms with Crippen LogP contribution >= 0.6 is 0 Å². The van der Waals surface area contributed by atoms with E-state index in [1.807, 2.05) is 6.07 Å². The average molecular weight is 219 g/mol. The molecule has 1 aromatic rings. The van der Waals surface area contributed by atoms with Crippen LogP contribution in [0.4, 0.5) is 0 Å². The molecule has 3 nitrogen and oxygen atoms in total. The maximum atomic E-state index is 6.18. The van der Waals surface area contributed by atoms with Crippen molar-refractivity contribution in [1.82, 2.24) is 0 Å². The van der Waals surface area contributed by atoms with E-state index in [2.05, 4.69) is 18.2 Å². The van der Waals surface area contributed by atoms with Crippen molar-refractivity contribution in [2.45, 2.75) is 18.6 Å². The van der Waals surface area contributed by atoms with Crippen LogP contribution in [0.15, 0.2) is 24.3 Å². The monoisotopic (exact) mass is 219 g/mol. The average Bonchev–Trinajstić information content (AvgIpc) is 2.55. The van der Waals surface area contributed by atoms with Crippen molar-refractivity contribution in [1.29, 1.82) is 0 Å². The molecule has 1 heterocycles. The maximum Gasteiger partial charge on any atom is 0.0808 e. The Kier molecular flexibility index (Phi) is 2.67. The van der Waals surface area contributed by atoms with Gasteiger partial charge in [-0.1, -0.05) is 24.3 Å². The van der Waals surface area contributed by atoms with Crippen molar-refractivity contribution in [3.63, 3.8) is 0 Å². The molecule has 1 fully saturated rings.